The number of nitrogens with two attached hydrogens (primary N) is 1. The van der Waals surface area contributed by atoms with E-state index in [4.69, 9.17) is 5.73 Å². The molecule has 0 saturated heterocycles. The van der Waals surface area contributed by atoms with Crippen molar-refractivity contribution in [3.8, 4) is 11.1 Å². The number of amides is 2. The van der Waals surface area contributed by atoms with Gasteiger partial charge in [-0.1, -0.05) is 81.4 Å². The van der Waals surface area contributed by atoms with Crippen molar-refractivity contribution in [1.82, 2.24) is 15.2 Å². The van der Waals surface area contributed by atoms with Gasteiger partial charge in [-0.15, -0.1) is 0 Å². The topological polar surface area (TPSA) is 129 Å². The third-order valence-electron chi connectivity index (χ3n) is 6.84. The van der Waals surface area contributed by atoms with E-state index < -0.39 is 35.6 Å². The number of nitrogens with one attached hydrogen (secondary N) is 1. The van der Waals surface area contributed by atoms with Crippen molar-refractivity contribution in [2.45, 2.75) is 64.3 Å². The fraction of sp³-hybridized carbons (Fsp3) is 0.387. The van der Waals surface area contributed by atoms with Gasteiger partial charge >= 0.3 is 6.09 Å². The van der Waals surface area contributed by atoms with Crippen LogP contribution in [0.5, 0.6) is 0 Å². The number of rotatable bonds is 11. The van der Waals surface area contributed by atoms with Crippen molar-refractivity contribution in [1.29, 1.82) is 0 Å². The smallest absolute Gasteiger partial charge is 0.407 e. The third-order valence-corrected chi connectivity index (χ3v) is 6.84. The number of pyridine rings is 1. The van der Waals surface area contributed by atoms with Gasteiger partial charge in [0, 0.05) is 25.5 Å². The molecule has 0 unspecified atom stereocenters. The maximum Gasteiger partial charge on any atom is 0.407 e. The number of nitrogens with zero attached hydrogens (tertiary/aromatic N) is 2. The first kappa shape index (κ1) is 29.8. The number of aromatic nitrogens is 1. The van der Waals surface area contributed by atoms with E-state index in [-0.39, 0.29) is 12.5 Å². The molecule has 0 spiro atoms. The summed E-state index contributed by atoms with van der Waals surface area (Å²) in [7, 11) is 1.39. The standard InChI is InChI=1S/C31H40N4O4/c1-31(2,3)28(35(4)30(38)39)29(37)34-26(27(36)19-25(32)17-21-9-6-5-7-10-21)18-22-12-14-23(15-13-22)24-11-8-16-33-20-24/h5-16,20,25-28,36H,17-19,32H2,1-4H3,(H,34,37)(H,38,39)/t25-,26-,27+,28+/m0/s1. The number of carbonyl (C=O) groups excluding carboxylic acids is 1. The lowest BCUT2D eigenvalue weighted by molar-refractivity contribution is -0.130. The Labute approximate surface area is 230 Å². The number of benzene rings is 2. The number of carboxylic acid groups (broad SMARTS) is 1. The SMILES string of the molecule is CN(C(=O)O)[C@H](C(=O)N[C@@H](Cc1ccc(-c2cccnc2)cc1)[C@H](O)C[C@@H](N)Cc1ccccc1)C(C)(C)C. The average Bonchev–Trinajstić information content (AvgIpc) is 2.89. The van der Waals surface area contributed by atoms with Gasteiger partial charge in [0.25, 0.3) is 0 Å². The van der Waals surface area contributed by atoms with Crippen LogP contribution in [0.15, 0.2) is 79.1 Å². The Bertz CT molecular complexity index is 1200. The van der Waals surface area contributed by atoms with Gasteiger partial charge in [-0.2, -0.15) is 0 Å². The summed E-state index contributed by atoms with van der Waals surface area (Å²) < 4.78 is 0. The Morgan fingerprint density at radius 2 is 1.59 bits per heavy atom. The van der Waals surface area contributed by atoms with E-state index in [1.165, 1.54) is 7.05 Å². The summed E-state index contributed by atoms with van der Waals surface area (Å²) >= 11 is 0. The molecule has 4 atom stereocenters. The highest BCUT2D eigenvalue weighted by Gasteiger charge is 2.38. The predicted octanol–water partition coefficient (Wildman–Crippen LogP) is 4.12. The molecule has 8 nitrogen and oxygen atoms in total. The molecule has 3 rings (SSSR count). The van der Waals surface area contributed by atoms with Crippen molar-refractivity contribution < 1.29 is 19.8 Å². The van der Waals surface area contributed by atoms with Gasteiger partial charge in [-0.3, -0.25) is 14.7 Å². The first-order valence-electron chi connectivity index (χ1n) is 13.2. The number of likely N-dealkylation sites (N-methyl/N-ethyl adjacent to an activating group) is 1. The summed E-state index contributed by atoms with van der Waals surface area (Å²) in [5, 5.41) is 23.9. The van der Waals surface area contributed by atoms with Crippen LogP contribution < -0.4 is 11.1 Å². The van der Waals surface area contributed by atoms with Gasteiger partial charge < -0.3 is 21.3 Å². The van der Waals surface area contributed by atoms with E-state index in [0.717, 1.165) is 27.2 Å². The molecule has 0 aliphatic carbocycles. The Morgan fingerprint density at radius 1 is 0.949 bits per heavy atom. The van der Waals surface area contributed by atoms with Crippen LogP contribution in [0.1, 0.15) is 38.3 Å². The number of carbonyl (C=O) groups is 2. The molecule has 2 amide bonds. The molecule has 1 aromatic heterocycles. The summed E-state index contributed by atoms with van der Waals surface area (Å²) in [6, 6.07) is 19.6. The molecule has 0 radical (unpaired) electrons. The lowest BCUT2D eigenvalue weighted by Gasteiger charge is -2.37. The Balaban J connectivity index is 1.81. The van der Waals surface area contributed by atoms with Crippen LogP contribution in [0.4, 0.5) is 4.79 Å². The minimum Gasteiger partial charge on any atom is -0.465 e. The number of hydrogen-bond donors (Lipinski definition) is 4. The van der Waals surface area contributed by atoms with Crippen LogP contribution in [-0.2, 0) is 17.6 Å². The molecule has 0 aliphatic rings. The van der Waals surface area contributed by atoms with E-state index in [1.54, 1.807) is 12.4 Å². The molecule has 0 fully saturated rings. The summed E-state index contributed by atoms with van der Waals surface area (Å²) in [4.78, 5) is 30.4. The van der Waals surface area contributed by atoms with Crippen LogP contribution >= 0.6 is 0 Å². The van der Waals surface area contributed by atoms with Gasteiger partial charge in [-0.05, 0) is 53.0 Å². The molecule has 1 heterocycles. The van der Waals surface area contributed by atoms with Gasteiger partial charge in [0.05, 0.1) is 12.1 Å². The van der Waals surface area contributed by atoms with Crippen molar-refractivity contribution in [3.05, 3.63) is 90.3 Å². The zero-order valence-corrected chi connectivity index (χ0v) is 23.1. The highest BCUT2D eigenvalue weighted by atomic mass is 16.4. The van der Waals surface area contributed by atoms with E-state index in [2.05, 4.69) is 10.3 Å². The molecule has 5 N–H and O–H groups in total. The highest BCUT2D eigenvalue weighted by molar-refractivity contribution is 5.86. The molecular weight excluding hydrogens is 492 g/mol. The minimum atomic E-state index is -1.20. The van der Waals surface area contributed by atoms with E-state index >= 15 is 0 Å². The second-order valence-corrected chi connectivity index (χ2v) is 11.2. The molecule has 0 saturated carbocycles. The van der Waals surface area contributed by atoms with Crippen LogP contribution in [0, 0.1) is 5.41 Å². The van der Waals surface area contributed by atoms with Crippen LogP contribution in [0.3, 0.4) is 0 Å². The maximum absolute atomic E-state index is 13.5. The number of aliphatic hydroxyl groups excluding tert-OH is 1. The lowest BCUT2D eigenvalue weighted by Crippen LogP contribution is -2.58. The minimum absolute atomic E-state index is 0.266. The Kier molecular flexibility index (Phi) is 10.2. The van der Waals surface area contributed by atoms with Gasteiger partial charge in [-0.25, -0.2) is 4.79 Å². The van der Waals surface area contributed by atoms with Crippen molar-refractivity contribution in [2.24, 2.45) is 11.1 Å². The second kappa shape index (κ2) is 13.4. The molecule has 2 aromatic carbocycles. The lowest BCUT2D eigenvalue weighted by atomic mass is 9.84. The first-order valence-corrected chi connectivity index (χ1v) is 13.2. The molecule has 0 aliphatic heterocycles. The fourth-order valence-corrected chi connectivity index (χ4v) is 4.90. The molecule has 0 bridgehead atoms. The normalized spacial score (nSPS) is 14.6. The summed E-state index contributed by atoms with van der Waals surface area (Å²) in [5.41, 5.74) is 9.73. The highest BCUT2D eigenvalue weighted by Crippen LogP contribution is 2.25. The maximum atomic E-state index is 13.5. The average molecular weight is 533 g/mol. The van der Waals surface area contributed by atoms with Crippen molar-refractivity contribution in [2.75, 3.05) is 7.05 Å². The molecule has 3 aromatic rings. The molecule has 208 valence electrons. The number of aliphatic hydroxyl groups is 1. The fourth-order valence-electron chi connectivity index (χ4n) is 4.90. The first-order chi connectivity index (χ1) is 18.5. The van der Waals surface area contributed by atoms with Gasteiger partial charge in [0.2, 0.25) is 5.91 Å². The van der Waals surface area contributed by atoms with Crippen LogP contribution in [0.2, 0.25) is 0 Å². The zero-order chi connectivity index (χ0) is 28.6. The second-order valence-electron chi connectivity index (χ2n) is 11.2. The van der Waals surface area contributed by atoms with E-state index in [9.17, 15) is 19.8 Å². The van der Waals surface area contributed by atoms with Gasteiger partial charge in [0.1, 0.15) is 6.04 Å². The summed E-state index contributed by atoms with van der Waals surface area (Å²) in [5.74, 6) is -0.458. The molecule has 8 heteroatoms. The molecular formula is C31H40N4O4. The Morgan fingerprint density at radius 3 is 2.15 bits per heavy atom. The van der Waals surface area contributed by atoms with Crippen molar-refractivity contribution in [3.63, 3.8) is 0 Å². The number of hydrogen-bond acceptors (Lipinski definition) is 5. The van der Waals surface area contributed by atoms with Crippen molar-refractivity contribution >= 4 is 12.0 Å². The van der Waals surface area contributed by atoms with Gasteiger partial charge in [0.15, 0.2) is 0 Å². The van der Waals surface area contributed by atoms with Crippen LogP contribution in [0.25, 0.3) is 11.1 Å². The monoisotopic (exact) mass is 532 g/mol. The quantitative estimate of drug-likeness (QED) is 0.294. The summed E-state index contributed by atoms with van der Waals surface area (Å²) in [6.45, 7) is 5.44. The Hall–Kier alpha value is -3.75. The molecule has 39 heavy (non-hydrogen) atoms. The third kappa shape index (κ3) is 8.63. The van der Waals surface area contributed by atoms with E-state index in [1.807, 2.05) is 87.5 Å². The largest absolute Gasteiger partial charge is 0.465 e. The summed E-state index contributed by atoms with van der Waals surface area (Å²) in [6.07, 6.45) is 2.59. The zero-order valence-electron chi connectivity index (χ0n) is 23.1. The van der Waals surface area contributed by atoms with E-state index in [0.29, 0.717) is 12.8 Å². The predicted molar refractivity (Wildman–Crippen MR) is 153 cm³/mol. The van der Waals surface area contributed by atoms with Crippen LogP contribution in [-0.4, -0.2) is 63.4 Å².